The van der Waals surface area contributed by atoms with Gasteiger partial charge in [-0.25, -0.2) is 13.4 Å². The lowest BCUT2D eigenvalue weighted by atomic mass is 10.6. The van der Waals surface area contributed by atoms with Crippen molar-refractivity contribution >= 4 is 37.9 Å². The van der Waals surface area contributed by atoms with Gasteiger partial charge in [0.1, 0.15) is 0 Å². The third-order valence-corrected chi connectivity index (χ3v) is 6.18. The van der Waals surface area contributed by atoms with E-state index in [0.717, 1.165) is 12.8 Å². The van der Waals surface area contributed by atoms with Gasteiger partial charge in [0.2, 0.25) is 0 Å². The van der Waals surface area contributed by atoms with Crippen LogP contribution in [0, 0.1) is 0 Å². The van der Waals surface area contributed by atoms with Crippen molar-refractivity contribution in [1.29, 1.82) is 0 Å². The summed E-state index contributed by atoms with van der Waals surface area (Å²) in [7, 11) is -3.56. The van der Waals surface area contributed by atoms with Crippen molar-refractivity contribution in [3.05, 3.63) is 16.7 Å². The molecule has 1 fully saturated rings. The molecule has 0 spiro atoms. The second kappa shape index (κ2) is 4.19. The molecule has 0 amide bonds. The maximum absolute atomic E-state index is 12.6. The molecule has 0 atom stereocenters. The van der Waals surface area contributed by atoms with Gasteiger partial charge in [-0.15, -0.1) is 11.3 Å². The SMILES string of the molecule is CCN(C1CC1)S(=O)(=O)c1c(Cl)nc2sccn12. The first-order valence-electron chi connectivity index (χ1n) is 5.68. The maximum Gasteiger partial charge on any atom is 0.262 e. The highest BCUT2D eigenvalue weighted by atomic mass is 35.5. The second-order valence-electron chi connectivity index (χ2n) is 4.20. The van der Waals surface area contributed by atoms with Gasteiger partial charge in [-0.05, 0) is 12.8 Å². The lowest BCUT2D eigenvalue weighted by molar-refractivity contribution is 0.418. The molecule has 5 nitrogen and oxygen atoms in total. The minimum atomic E-state index is -3.56. The topological polar surface area (TPSA) is 54.7 Å². The van der Waals surface area contributed by atoms with E-state index < -0.39 is 10.0 Å². The van der Waals surface area contributed by atoms with E-state index in [1.54, 1.807) is 16.0 Å². The van der Waals surface area contributed by atoms with E-state index in [1.807, 2.05) is 6.92 Å². The van der Waals surface area contributed by atoms with Gasteiger partial charge in [0.25, 0.3) is 10.0 Å². The molecule has 98 valence electrons. The monoisotopic (exact) mass is 305 g/mol. The largest absolute Gasteiger partial charge is 0.279 e. The van der Waals surface area contributed by atoms with Crippen LogP contribution in [-0.4, -0.2) is 34.7 Å². The Hall–Kier alpha value is -0.630. The zero-order valence-electron chi connectivity index (χ0n) is 9.71. The van der Waals surface area contributed by atoms with Gasteiger partial charge in [0.05, 0.1) is 0 Å². The summed E-state index contributed by atoms with van der Waals surface area (Å²) in [6, 6.07) is 0.125. The van der Waals surface area contributed by atoms with Gasteiger partial charge in [-0.1, -0.05) is 18.5 Å². The van der Waals surface area contributed by atoms with Crippen LogP contribution in [0.15, 0.2) is 16.6 Å². The number of thiazole rings is 1. The van der Waals surface area contributed by atoms with Gasteiger partial charge in [0, 0.05) is 24.2 Å². The Bertz CT molecular complexity index is 687. The molecule has 1 saturated carbocycles. The number of imidazole rings is 1. The molecule has 0 N–H and O–H groups in total. The van der Waals surface area contributed by atoms with Crippen molar-refractivity contribution in [2.45, 2.75) is 30.8 Å². The Balaban J connectivity index is 2.17. The van der Waals surface area contributed by atoms with E-state index in [2.05, 4.69) is 4.98 Å². The Morgan fingerprint density at radius 2 is 2.33 bits per heavy atom. The summed E-state index contributed by atoms with van der Waals surface area (Å²) < 4.78 is 28.3. The number of halogens is 1. The highest BCUT2D eigenvalue weighted by Gasteiger charge is 2.39. The van der Waals surface area contributed by atoms with E-state index in [0.29, 0.717) is 11.5 Å². The van der Waals surface area contributed by atoms with Gasteiger partial charge >= 0.3 is 0 Å². The Morgan fingerprint density at radius 3 is 2.94 bits per heavy atom. The molecule has 0 aliphatic heterocycles. The first-order valence-corrected chi connectivity index (χ1v) is 8.38. The van der Waals surface area contributed by atoms with Crippen molar-refractivity contribution in [2.24, 2.45) is 0 Å². The highest BCUT2D eigenvalue weighted by Crippen LogP contribution is 2.34. The average Bonchev–Trinajstić information content (AvgIpc) is 2.91. The summed E-state index contributed by atoms with van der Waals surface area (Å²) in [5.74, 6) is 0. The van der Waals surface area contributed by atoms with Crippen LogP contribution in [0.3, 0.4) is 0 Å². The molecule has 0 radical (unpaired) electrons. The second-order valence-corrected chi connectivity index (χ2v) is 7.24. The van der Waals surface area contributed by atoms with E-state index in [-0.39, 0.29) is 16.2 Å². The summed E-state index contributed by atoms with van der Waals surface area (Å²) in [4.78, 5) is 4.68. The van der Waals surface area contributed by atoms with E-state index >= 15 is 0 Å². The highest BCUT2D eigenvalue weighted by molar-refractivity contribution is 7.89. The molecule has 3 rings (SSSR count). The number of rotatable bonds is 4. The van der Waals surface area contributed by atoms with Crippen molar-refractivity contribution in [3.63, 3.8) is 0 Å². The van der Waals surface area contributed by atoms with E-state index in [1.165, 1.54) is 15.6 Å². The van der Waals surface area contributed by atoms with Crippen LogP contribution in [0.1, 0.15) is 19.8 Å². The molecule has 2 heterocycles. The summed E-state index contributed by atoms with van der Waals surface area (Å²) in [5, 5.41) is 1.94. The fourth-order valence-electron chi connectivity index (χ4n) is 2.07. The predicted molar refractivity (Wildman–Crippen MR) is 70.7 cm³/mol. The van der Waals surface area contributed by atoms with Crippen LogP contribution in [0.2, 0.25) is 5.15 Å². The van der Waals surface area contributed by atoms with Gasteiger partial charge in [0.15, 0.2) is 15.1 Å². The number of nitrogens with zero attached hydrogens (tertiary/aromatic N) is 3. The minimum Gasteiger partial charge on any atom is -0.279 e. The van der Waals surface area contributed by atoms with Crippen molar-refractivity contribution in [3.8, 4) is 0 Å². The maximum atomic E-state index is 12.6. The summed E-state index contributed by atoms with van der Waals surface area (Å²) in [6.07, 6.45) is 3.54. The lowest BCUT2D eigenvalue weighted by Gasteiger charge is -2.19. The molecule has 0 aromatic carbocycles. The van der Waals surface area contributed by atoms with E-state index in [4.69, 9.17) is 11.6 Å². The molecule has 1 aliphatic rings. The summed E-state index contributed by atoms with van der Waals surface area (Å²) in [5.41, 5.74) is 0. The van der Waals surface area contributed by atoms with Crippen LogP contribution in [0.5, 0.6) is 0 Å². The Kier molecular flexibility index (Phi) is 2.89. The first kappa shape index (κ1) is 12.4. The number of fused-ring (bicyclic) bond motifs is 1. The normalized spacial score (nSPS) is 16.8. The fourth-order valence-corrected chi connectivity index (χ4v) is 5.17. The van der Waals surface area contributed by atoms with Crippen LogP contribution in [0.4, 0.5) is 0 Å². The van der Waals surface area contributed by atoms with Crippen LogP contribution >= 0.6 is 22.9 Å². The van der Waals surface area contributed by atoms with Gasteiger partial charge in [-0.2, -0.15) is 4.31 Å². The van der Waals surface area contributed by atoms with Crippen LogP contribution in [0.25, 0.3) is 4.96 Å². The smallest absolute Gasteiger partial charge is 0.262 e. The van der Waals surface area contributed by atoms with Crippen LogP contribution in [-0.2, 0) is 10.0 Å². The molecule has 8 heteroatoms. The number of hydrogen-bond acceptors (Lipinski definition) is 4. The number of hydrogen-bond donors (Lipinski definition) is 0. The minimum absolute atomic E-state index is 0.0564. The average molecular weight is 306 g/mol. The Morgan fingerprint density at radius 1 is 1.61 bits per heavy atom. The van der Waals surface area contributed by atoms with Crippen molar-refractivity contribution in [1.82, 2.24) is 13.7 Å². The number of sulfonamides is 1. The molecule has 0 bridgehead atoms. The number of aromatic nitrogens is 2. The standard InChI is InChI=1S/C10H12ClN3O2S2/c1-2-14(7-3-4-7)18(15,16)9-8(11)12-10-13(9)5-6-17-10/h5-7H,2-4H2,1H3. The van der Waals surface area contributed by atoms with Crippen molar-refractivity contribution < 1.29 is 8.42 Å². The summed E-state index contributed by atoms with van der Waals surface area (Å²) in [6.45, 7) is 2.30. The zero-order valence-corrected chi connectivity index (χ0v) is 12.1. The molecular weight excluding hydrogens is 294 g/mol. The Labute approximate surface area is 114 Å². The molecule has 1 aliphatic carbocycles. The lowest BCUT2D eigenvalue weighted by Crippen LogP contribution is -2.33. The molecule has 2 aromatic heterocycles. The third kappa shape index (κ3) is 1.77. The van der Waals surface area contributed by atoms with E-state index in [9.17, 15) is 8.42 Å². The quantitative estimate of drug-likeness (QED) is 0.870. The first-order chi connectivity index (χ1) is 8.55. The molecular formula is C10H12ClN3O2S2. The fraction of sp³-hybridized carbons (Fsp3) is 0.500. The molecule has 0 unspecified atom stereocenters. The molecule has 0 saturated heterocycles. The molecule has 18 heavy (non-hydrogen) atoms. The van der Waals surface area contributed by atoms with Crippen molar-refractivity contribution in [2.75, 3.05) is 6.54 Å². The van der Waals surface area contributed by atoms with Gasteiger partial charge < -0.3 is 0 Å². The summed E-state index contributed by atoms with van der Waals surface area (Å²) >= 11 is 7.35. The van der Waals surface area contributed by atoms with Crippen LogP contribution < -0.4 is 0 Å². The predicted octanol–water partition coefficient (Wildman–Crippen LogP) is 2.22. The molecule has 2 aromatic rings. The third-order valence-electron chi connectivity index (χ3n) is 3.00. The zero-order chi connectivity index (χ0) is 12.9. The van der Waals surface area contributed by atoms with Gasteiger partial charge in [-0.3, -0.25) is 4.40 Å².